The molecule has 2 aromatic heterocycles. The van der Waals surface area contributed by atoms with Gasteiger partial charge in [-0.3, -0.25) is 0 Å². The Morgan fingerprint density at radius 1 is 1.59 bits per heavy atom. The molecule has 0 amide bonds. The summed E-state index contributed by atoms with van der Waals surface area (Å²) in [5, 5.41) is 34.2. The molecular weight excluding hydrogens is 314 g/mol. The molecule has 0 aromatic carbocycles. The summed E-state index contributed by atoms with van der Waals surface area (Å²) in [6.45, 7) is -0.460. The van der Waals surface area contributed by atoms with Gasteiger partial charge in [-0.25, -0.2) is 4.98 Å². The van der Waals surface area contributed by atoms with Crippen molar-refractivity contribution < 1.29 is 24.5 Å². The van der Waals surface area contributed by atoms with Gasteiger partial charge in [0, 0.05) is 5.10 Å². The standard InChI is InChI=1S/C10H11N7O4S/c1-21-15-8(10-12-2-6(11)22-10)9(20)14-17-4-13-16(5-17)3-7(18)19/h2,4-5H,3H2,1H3,(H3-,11,14,15,18,19,20)/p-1. The highest BCUT2D eigenvalue weighted by atomic mass is 32.1. The van der Waals surface area contributed by atoms with Gasteiger partial charge in [-0.05, 0) is 0 Å². The third-order valence-corrected chi connectivity index (χ3v) is 3.01. The molecule has 116 valence electrons. The first-order chi connectivity index (χ1) is 10.5. The summed E-state index contributed by atoms with van der Waals surface area (Å²) >= 11 is 1.05. The lowest BCUT2D eigenvalue weighted by molar-refractivity contribution is -0.682. The van der Waals surface area contributed by atoms with Crippen LogP contribution in [0.3, 0.4) is 0 Å². The molecule has 0 radical (unpaired) electrons. The second kappa shape index (κ2) is 6.62. The van der Waals surface area contributed by atoms with Crippen LogP contribution >= 0.6 is 11.3 Å². The maximum atomic E-state index is 12.1. The summed E-state index contributed by atoms with van der Waals surface area (Å²) in [5.74, 6) is -2.07. The van der Waals surface area contributed by atoms with Crippen LogP contribution in [0.25, 0.3) is 0 Å². The lowest BCUT2D eigenvalue weighted by Crippen LogP contribution is -2.37. The molecule has 0 aliphatic carbocycles. The second-order valence-electron chi connectivity index (χ2n) is 3.79. The van der Waals surface area contributed by atoms with Crippen LogP contribution in [0.4, 0.5) is 5.00 Å². The van der Waals surface area contributed by atoms with Gasteiger partial charge in [-0.2, -0.15) is 0 Å². The van der Waals surface area contributed by atoms with Gasteiger partial charge < -0.3 is 25.6 Å². The van der Waals surface area contributed by atoms with E-state index in [2.05, 4.69) is 25.2 Å². The lowest BCUT2D eigenvalue weighted by atomic mass is 10.4. The SMILES string of the molecule is CO/N=C(/C([O-])=N/[n+]1cnn(CC(=O)[O-])c1)c1ncc(N)s1. The van der Waals surface area contributed by atoms with Crippen molar-refractivity contribution >= 4 is 33.9 Å². The highest BCUT2D eigenvalue weighted by molar-refractivity contribution is 7.18. The van der Waals surface area contributed by atoms with E-state index in [1.807, 2.05) is 0 Å². The Labute approximate surface area is 127 Å². The number of carbonyl (C=O) groups is 1. The highest BCUT2D eigenvalue weighted by Crippen LogP contribution is 2.15. The average Bonchev–Trinajstić information content (AvgIpc) is 3.04. The van der Waals surface area contributed by atoms with E-state index in [-0.39, 0.29) is 10.7 Å². The van der Waals surface area contributed by atoms with Gasteiger partial charge in [0.2, 0.25) is 6.33 Å². The Kier molecular flexibility index (Phi) is 4.63. The van der Waals surface area contributed by atoms with E-state index in [4.69, 9.17) is 5.73 Å². The first-order valence-corrected chi connectivity index (χ1v) is 6.54. The minimum absolute atomic E-state index is 0.135. The number of carbonyl (C=O) groups excluding carboxylic acids is 1. The van der Waals surface area contributed by atoms with Crippen molar-refractivity contribution in [3.05, 3.63) is 23.9 Å². The fourth-order valence-electron chi connectivity index (χ4n) is 1.39. The zero-order valence-electron chi connectivity index (χ0n) is 11.2. The molecule has 2 N–H and O–H groups in total. The molecule has 22 heavy (non-hydrogen) atoms. The first-order valence-electron chi connectivity index (χ1n) is 5.72. The van der Waals surface area contributed by atoms with Crippen LogP contribution in [-0.4, -0.2) is 39.5 Å². The number of nitrogens with two attached hydrogens (primary N) is 1. The number of oxime groups is 1. The van der Waals surface area contributed by atoms with Crippen LogP contribution in [-0.2, 0) is 16.2 Å². The molecule has 0 spiro atoms. The third kappa shape index (κ3) is 3.76. The number of rotatable bonds is 6. The number of hydrogen-bond acceptors (Lipinski definition) is 10. The van der Waals surface area contributed by atoms with Crippen molar-refractivity contribution in [3.8, 4) is 0 Å². The molecule has 11 nitrogen and oxygen atoms in total. The first kappa shape index (κ1) is 15.4. The topological polar surface area (TPSA) is 158 Å². The van der Waals surface area contributed by atoms with Gasteiger partial charge in [0.1, 0.15) is 23.7 Å². The summed E-state index contributed by atoms with van der Waals surface area (Å²) in [5.41, 5.74) is 5.42. The Bertz CT molecular complexity index is 735. The number of thiazole rings is 1. The Morgan fingerprint density at radius 2 is 2.36 bits per heavy atom. The number of aromatic nitrogens is 4. The number of aliphatic carboxylic acids is 1. The molecular formula is C10H10N7O4S-. The van der Waals surface area contributed by atoms with Crippen LogP contribution in [0.15, 0.2) is 29.1 Å². The third-order valence-electron chi connectivity index (χ3n) is 2.18. The highest BCUT2D eigenvalue weighted by Gasteiger charge is 2.12. The monoisotopic (exact) mass is 324 g/mol. The molecule has 12 heteroatoms. The van der Waals surface area contributed by atoms with E-state index < -0.39 is 18.4 Å². The minimum atomic E-state index is -1.32. The van der Waals surface area contributed by atoms with Crippen molar-refractivity contribution in [2.75, 3.05) is 12.8 Å². The van der Waals surface area contributed by atoms with Gasteiger partial charge in [0.15, 0.2) is 5.71 Å². The van der Waals surface area contributed by atoms with Crippen LogP contribution in [0, 0.1) is 0 Å². The van der Waals surface area contributed by atoms with E-state index in [9.17, 15) is 15.0 Å². The van der Waals surface area contributed by atoms with E-state index in [0.717, 1.165) is 27.0 Å². The molecule has 0 bridgehead atoms. The fraction of sp³-hybridized carbons (Fsp3) is 0.200. The van der Waals surface area contributed by atoms with Crippen molar-refractivity contribution in [2.45, 2.75) is 6.54 Å². The maximum Gasteiger partial charge on any atom is 0.288 e. The number of nitrogens with zero attached hydrogens (tertiary/aromatic N) is 6. The molecule has 0 saturated heterocycles. The molecule has 2 aromatic rings. The average molecular weight is 324 g/mol. The van der Waals surface area contributed by atoms with Crippen LogP contribution in [0.1, 0.15) is 5.01 Å². The second-order valence-corrected chi connectivity index (χ2v) is 4.85. The Hall–Kier alpha value is -3.02. The summed E-state index contributed by atoms with van der Waals surface area (Å²) in [7, 11) is 1.27. The normalized spacial score (nSPS) is 12.4. The summed E-state index contributed by atoms with van der Waals surface area (Å²) in [6, 6.07) is 0. The number of anilines is 1. The van der Waals surface area contributed by atoms with Crippen molar-refractivity contribution in [1.29, 1.82) is 0 Å². The largest absolute Gasteiger partial charge is 0.855 e. The number of hydrogen-bond donors (Lipinski definition) is 1. The van der Waals surface area contributed by atoms with Gasteiger partial charge in [-0.15, -0.1) is 14.5 Å². The van der Waals surface area contributed by atoms with E-state index >= 15 is 0 Å². The molecule has 0 aliphatic rings. The fourth-order valence-corrected chi connectivity index (χ4v) is 2.05. The zero-order chi connectivity index (χ0) is 16.1. The smallest absolute Gasteiger partial charge is 0.288 e. The quantitative estimate of drug-likeness (QED) is 0.250. The number of carboxylic acids is 1. The number of carboxylic acid groups (broad SMARTS) is 1. The van der Waals surface area contributed by atoms with Gasteiger partial charge in [-0.1, -0.05) is 16.5 Å². The van der Waals surface area contributed by atoms with Crippen molar-refractivity contribution in [3.63, 3.8) is 0 Å². The van der Waals surface area contributed by atoms with Crippen LogP contribution in [0.5, 0.6) is 0 Å². The van der Waals surface area contributed by atoms with Gasteiger partial charge >= 0.3 is 0 Å². The van der Waals surface area contributed by atoms with Gasteiger partial charge in [0.05, 0.1) is 18.1 Å². The zero-order valence-corrected chi connectivity index (χ0v) is 12.1. The van der Waals surface area contributed by atoms with E-state index in [0.29, 0.717) is 5.00 Å². The molecule has 0 fully saturated rings. The minimum Gasteiger partial charge on any atom is -0.855 e. The predicted octanol–water partition coefficient (Wildman–Crippen LogP) is -3.47. The molecule has 2 rings (SSSR count). The molecule has 0 saturated carbocycles. The maximum absolute atomic E-state index is 12.1. The van der Waals surface area contributed by atoms with E-state index in [1.54, 1.807) is 0 Å². The van der Waals surface area contributed by atoms with Crippen molar-refractivity contribution in [2.24, 2.45) is 10.3 Å². The lowest BCUT2D eigenvalue weighted by Gasteiger charge is -2.08. The van der Waals surface area contributed by atoms with Gasteiger partial charge in [0.25, 0.3) is 6.33 Å². The summed E-state index contributed by atoms with van der Waals surface area (Å²) in [6.07, 6.45) is 3.74. The number of nitrogen functional groups attached to an aromatic ring is 1. The molecule has 0 atom stereocenters. The molecule has 0 unspecified atom stereocenters. The molecule has 0 aliphatic heterocycles. The molecule has 2 heterocycles. The van der Waals surface area contributed by atoms with Crippen LogP contribution in [0.2, 0.25) is 0 Å². The van der Waals surface area contributed by atoms with E-state index in [1.165, 1.54) is 19.6 Å². The van der Waals surface area contributed by atoms with Crippen molar-refractivity contribution in [1.82, 2.24) is 14.8 Å². The summed E-state index contributed by atoms with van der Waals surface area (Å²) < 4.78 is 2.08. The van der Waals surface area contributed by atoms with Crippen LogP contribution < -0.4 is 20.6 Å². The Morgan fingerprint density at radius 3 is 2.95 bits per heavy atom. The summed E-state index contributed by atoms with van der Waals surface area (Å²) in [4.78, 5) is 19.0. The Balaban J connectivity index is 2.26. The predicted molar refractivity (Wildman–Crippen MR) is 70.3 cm³/mol.